The average molecular weight is 295 g/mol. The Bertz CT molecular complexity index is 662. The van der Waals surface area contributed by atoms with Crippen LogP contribution in [0, 0.1) is 5.82 Å². The van der Waals surface area contributed by atoms with E-state index >= 15 is 0 Å². The molecule has 2 aromatic rings. The summed E-state index contributed by atoms with van der Waals surface area (Å²) in [6, 6.07) is 8.63. The van der Waals surface area contributed by atoms with E-state index in [1.54, 1.807) is 6.07 Å². The van der Waals surface area contributed by atoms with E-state index in [0.29, 0.717) is 10.7 Å². The number of nitrogens with two attached hydrogens (primary N) is 2. The fraction of sp³-hybridized carbons (Fsp3) is 0.0714. The number of rotatable bonds is 4. The number of ether oxygens (including phenoxy) is 1. The molecule has 0 radical (unpaired) electrons. The summed E-state index contributed by atoms with van der Waals surface area (Å²) in [5, 5.41) is 0.400. The maximum atomic E-state index is 13.5. The van der Waals surface area contributed by atoms with E-state index in [1.165, 1.54) is 30.3 Å². The normalized spacial score (nSPS) is 10.3. The van der Waals surface area contributed by atoms with Gasteiger partial charge in [-0.1, -0.05) is 11.6 Å². The highest BCUT2D eigenvalue weighted by molar-refractivity contribution is 6.30. The first kappa shape index (κ1) is 14.1. The highest BCUT2D eigenvalue weighted by Gasteiger charge is 2.11. The fourth-order valence-electron chi connectivity index (χ4n) is 1.68. The Morgan fingerprint density at radius 2 is 2.00 bits per heavy atom. The molecule has 0 aliphatic carbocycles. The quantitative estimate of drug-likeness (QED) is 0.851. The Hall–Kier alpha value is -2.27. The summed E-state index contributed by atoms with van der Waals surface area (Å²) >= 11 is 5.79. The fourth-order valence-corrected chi connectivity index (χ4v) is 1.87. The second-order valence-corrected chi connectivity index (χ2v) is 4.58. The third-order valence-electron chi connectivity index (χ3n) is 2.66. The van der Waals surface area contributed by atoms with Crippen LogP contribution in [0.5, 0.6) is 5.75 Å². The lowest BCUT2D eigenvalue weighted by atomic mass is 10.1. The van der Waals surface area contributed by atoms with Crippen molar-refractivity contribution in [1.82, 2.24) is 0 Å². The van der Waals surface area contributed by atoms with Crippen molar-refractivity contribution >= 4 is 23.2 Å². The number of benzene rings is 2. The van der Waals surface area contributed by atoms with Crippen LogP contribution in [0.3, 0.4) is 0 Å². The smallest absolute Gasteiger partial charge is 0.252 e. The largest absolute Gasteiger partial charge is 0.488 e. The zero-order valence-electron chi connectivity index (χ0n) is 10.4. The number of carbonyl (C=O) groups excluding carboxylic acids is 1. The summed E-state index contributed by atoms with van der Waals surface area (Å²) in [7, 11) is 0. The number of hydrogen-bond acceptors (Lipinski definition) is 3. The Morgan fingerprint density at radius 1 is 1.25 bits per heavy atom. The third kappa shape index (κ3) is 3.19. The van der Waals surface area contributed by atoms with Crippen molar-refractivity contribution in [2.75, 3.05) is 5.73 Å². The zero-order valence-corrected chi connectivity index (χ0v) is 11.2. The minimum Gasteiger partial charge on any atom is -0.488 e. The van der Waals surface area contributed by atoms with Crippen molar-refractivity contribution in [1.29, 1.82) is 0 Å². The molecule has 0 saturated carbocycles. The van der Waals surface area contributed by atoms with E-state index in [-0.39, 0.29) is 23.5 Å². The van der Waals surface area contributed by atoms with E-state index < -0.39 is 11.7 Å². The molecule has 0 atom stereocenters. The van der Waals surface area contributed by atoms with Crippen LogP contribution < -0.4 is 16.2 Å². The summed E-state index contributed by atoms with van der Waals surface area (Å²) in [5.41, 5.74) is 11.6. The molecule has 0 fully saturated rings. The molecule has 0 saturated heterocycles. The van der Waals surface area contributed by atoms with Crippen molar-refractivity contribution in [2.45, 2.75) is 6.61 Å². The summed E-state index contributed by atoms with van der Waals surface area (Å²) in [5.74, 6) is -0.865. The first-order valence-electron chi connectivity index (χ1n) is 5.73. The molecule has 0 unspecified atom stereocenters. The van der Waals surface area contributed by atoms with Gasteiger partial charge < -0.3 is 16.2 Å². The number of anilines is 1. The second-order valence-electron chi connectivity index (χ2n) is 4.14. The molecule has 0 spiro atoms. The average Bonchev–Trinajstić information content (AvgIpc) is 2.40. The van der Waals surface area contributed by atoms with Gasteiger partial charge in [0.05, 0.1) is 5.56 Å². The van der Waals surface area contributed by atoms with Gasteiger partial charge in [-0.25, -0.2) is 4.39 Å². The Morgan fingerprint density at radius 3 is 2.70 bits per heavy atom. The van der Waals surface area contributed by atoms with E-state index in [9.17, 15) is 9.18 Å². The van der Waals surface area contributed by atoms with Gasteiger partial charge in [-0.05, 0) is 36.4 Å². The van der Waals surface area contributed by atoms with Gasteiger partial charge in [0.2, 0.25) is 0 Å². The van der Waals surface area contributed by atoms with E-state index in [1.807, 2.05) is 0 Å². The summed E-state index contributed by atoms with van der Waals surface area (Å²) in [6.07, 6.45) is 0. The lowest BCUT2D eigenvalue weighted by Gasteiger charge is -2.11. The van der Waals surface area contributed by atoms with Crippen LogP contribution in [0.2, 0.25) is 5.02 Å². The Balaban J connectivity index is 2.23. The second kappa shape index (κ2) is 5.79. The topological polar surface area (TPSA) is 78.3 Å². The molecule has 0 aliphatic rings. The van der Waals surface area contributed by atoms with Crippen molar-refractivity contribution < 1.29 is 13.9 Å². The molecule has 0 aromatic heterocycles. The molecule has 4 N–H and O–H groups in total. The highest BCUT2D eigenvalue weighted by Crippen LogP contribution is 2.23. The van der Waals surface area contributed by atoms with Gasteiger partial charge in [-0.15, -0.1) is 0 Å². The molecule has 4 nitrogen and oxygen atoms in total. The van der Waals surface area contributed by atoms with Crippen LogP contribution in [0.25, 0.3) is 0 Å². The number of amides is 1. The molecule has 0 bridgehead atoms. The van der Waals surface area contributed by atoms with E-state index in [0.717, 1.165) is 0 Å². The molecule has 20 heavy (non-hydrogen) atoms. The van der Waals surface area contributed by atoms with E-state index in [4.69, 9.17) is 27.8 Å². The van der Waals surface area contributed by atoms with Gasteiger partial charge in [0.15, 0.2) is 0 Å². The minimum atomic E-state index is -0.668. The zero-order chi connectivity index (χ0) is 14.7. The summed E-state index contributed by atoms with van der Waals surface area (Å²) in [6.45, 7) is -0.0728. The molecular weight excluding hydrogens is 283 g/mol. The van der Waals surface area contributed by atoms with Gasteiger partial charge in [0.25, 0.3) is 5.91 Å². The monoisotopic (exact) mass is 294 g/mol. The van der Waals surface area contributed by atoms with Gasteiger partial charge >= 0.3 is 0 Å². The van der Waals surface area contributed by atoms with Crippen LogP contribution in [-0.2, 0) is 6.61 Å². The number of hydrogen-bond donors (Lipinski definition) is 2. The van der Waals surface area contributed by atoms with Crippen LogP contribution in [0.1, 0.15) is 15.9 Å². The van der Waals surface area contributed by atoms with Crippen molar-refractivity contribution in [2.24, 2.45) is 5.73 Å². The third-order valence-corrected chi connectivity index (χ3v) is 2.90. The molecule has 6 heteroatoms. The van der Waals surface area contributed by atoms with Crippen LogP contribution >= 0.6 is 11.6 Å². The molecule has 104 valence electrons. The lowest BCUT2D eigenvalue weighted by Crippen LogP contribution is -2.13. The number of carbonyl (C=O) groups is 1. The van der Waals surface area contributed by atoms with E-state index in [2.05, 4.69) is 0 Å². The van der Waals surface area contributed by atoms with Crippen LogP contribution in [-0.4, -0.2) is 5.91 Å². The number of nitrogen functional groups attached to an aromatic ring is 1. The minimum absolute atomic E-state index is 0.0728. The number of primary amides is 1. The molecule has 1 amide bonds. The van der Waals surface area contributed by atoms with Crippen molar-refractivity contribution in [3.05, 3.63) is 58.4 Å². The van der Waals surface area contributed by atoms with Gasteiger partial charge in [-0.3, -0.25) is 4.79 Å². The Labute approximate surface area is 120 Å². The molecule has 0 aliphatic heterocycles. The Kier molecular flexibility index (Phi) is 4.10. The lowest BCUT2D eigenvalue weighted by molar-refractivity contribution is 0.0996. The maximum absolute atomic E-state index is 13.5. The van der Waals surface area contributed by atoms with Crippen LogP contribution in [0.15, 0.2) is 36.4 Å². The molecule has 0 heterocycles. The van der Waals surface area contributed by atoms with Crippen LogP contribution in [0.4, 0.5) is 10.1 Å². The summed E-state index contributed by atoms with van der Waals surface area (Å²) < 4.78 is 19.0. The molecule has 2 aromatic carbocycles. The van der Waals surface area contributed by atoms with Gasteiger partial charge in [0, 0.05) is 16.3 Å². The SMILES string of the molecule is NC(=O)c1cc(N)ccc1OCc1cc(Cl)ccc1F. The molecule has 2 rings (SSSR count). The van der Waals surface area contributed by atoms with Crippen molar-refractivity contribution in [3.63, 3.8) is 0 Å². The maximum Gasteiger partial charge on any atom is 0.252 e. The first-order valence-corrected chi connectivity index (χ1v) is 6.11. The number of halogens is 2. The molecular formula is C14H12ClFN2O2. The predicted molar refractivity (Wildman–Crippen MR) is 75.1 cm³/mol. The first-order chi connectivity index (χ1) is 9.47. The van der Waals surface area contributed by atoms with Crippen molar-refractivity contribution in [3.8, 4) is 5.75 Å². The van der Waals surface area contributed by atoms with Gasteiger partial charge in [-0.2, -0.15) is 0 Å². The highest BCUT2D eigenvalue weighted by atomic mass is 35.5. The standard InChI is InChI=1S/C14H12ClFN2O2/c15-9-1-3-12(16)8(5-9)7-20-13-4-2-10(17)6-11(13)14(18)19/h1-6H,7,17H2,(H2,18,19). The predicted octanol–water partition coefficient (Wildman–Crippen LogP) is 2.74. The van der Waals surface area contributed by atoms with Gasteiger partial charge in [0.1, 0.15) is 18.2 Å². The summed E-state index contributed by atoms with van der Waals surface area (Å²) in [4.78, 5) is 11.3.